The van der Waals surface area contributed by atoms with Crippen molar-refractivity contribution in [1.29, 1.82) is 0 Å². The standard InChI is InChI=1S/C11H14N2O2S/c1-3-8(7(2)14)11-12-10(13-15-11)9-5-4-6-16-9/h4-8,14H,3H2,1-2H3. The van der Waals surface area contributed by atoms with Crippen LogP contribution in [0.4, 0.5) is 0 Å². The van der Waals surface area contributed by atoms with Crippen LogP contribution in [0.25, 0.3) is 10.7 Å². The Morgan fingerprint density at radius 1 is 1.56 bits per heavy atom. The fraction of sp³-hybridized carbons (Fsp3) is 0.455. The normalized spacial score (nSPS) is 14.9. The van der Waals surface area contributed by atoms with Crippen LogP contribution in [0.1, 0.15) is 32.1 Å². The van der Waals surface area contributed by atoms with E-state index in [1.807, 2.05) is 24.4 Å². The molecule has 0 radical (unpaired) electrons. The van der Waals surface area contributed by atoms with Gasteiger partial charge in [-0.05, 0) is 24.8 Å². The molecule has 2 atom stereocenters. The van der Waals surface area contributed by atoms with Crippen molar-refractivity contribution in [2.45, 2.75) is 32.3 Å². The van der Waals surface area contributed by atoms with Gasteiger partial charge in [0.05, 0.1) is 16.9 Å². The summed E-state index contributed by atoms with van der Waals surface area (Å²) in [6.45, 7) is 3.73. The Balaban J connectivity index is 2.25. The Kier molecular flexibility index (Phi) is 3.36. The Labute approximate surface area is 97.9 Å². The molecule has 0 saturated heterocycles. The first kappa shape index (κ1) is 11.3. The van der Waals surface area contributed by atoms with Gasteiger partial charge in [0.25, 0.3) is 0 Å². The quantitative estimate of drug-likeness (QED) is 0.889. The molecule has 0 amide bonds. The fourth-order valence-electron chi connectivity index (χ4n) is 1.61. The highest BCUT2D eigenvalue weighted by molar-refractivity contribution is 7.13. The highest BCUT2D eigenvalue weighted by Crippen LogP contribution is 2.26. The van der Waals surface area contributed by atoms with E-state index in [0.717, 1.165) is 11.3 Å². The maximum absolute atomic E-state index is 9.58. The summed E-state index contributed by atoms with van der Waals surface area (Å²) >= 11 is 1.57. The number of aliphatic hydroxyl groups is 1. The van der Waals surface area contributed by atoms with Crippen LogP contribution < -0.4 is 0 Å². The topological polar surface area (TPSA) is 59.2 Å². The van der Waals surface area contributed by atoms with E-state index in [-0.39, 0.29) is 5.92 Å². The lowest BCUT2D eigenvalue weighted by atomic mass is 10.0. The van der Waals surface area contributed by atoms with Crippen LogP contribution in [0.3, 0.4) is 0 Å². The van der Waals surface area contributed by atoms with Crippen LogP contribution in [0, 0.1) is 0 Å². The van der Waals surface area contributed by atoms with Gasteiger partial charge in [-0.3, -0.25) is 0 Å². The third-order valence-electron chi connectivity index (χ3n) is 2.52. The number of aromatic nitrogens is 2. The van der Waals surface area contributed by atoms with Gasteiger partial charge in [-0.2, -0.15) is 4.98 Å². The molecule has 2 rings (SSSR count). The lowest BCUT2D eigenvalue weighted by molar-refractivity contribution is 0.141. The predicted octanol–water partition coefficient (Wildman–Crippen LogP) is 2.67. The zero-order valence-corrected chi connectivity index (χ0v) is 10.1. The van der Waals surface area contributed by atoms with Crippen molar-refractivity contribution in [3.63, 3.8) is 0 Å². The molecule has 1 N–H and O–H groups in total. The maximum Gasteiger partial charge on any atom is 0.232 e. The number of aliphatic hydroxyl groups excluding tert-OH is 1. The zero-order valence-electron chi connectivity index (χ0n) is 9.25. The molecule has 0 aliphatic carbocycles. The van der Waals surface area contributed by atoms with Gasteiger partial charge < -0.3 is 9.63 Å². The Hall–Kier alpha value is -1.20. The highest BCUT2D eigenvalue weighted by Gasteiger charge is 2.22. The van der Waals surface area contributed by atoms with E-state index in [9.17, 15) is 5.11 Å². The number of thiophene rings is 1. The summed E-state index contributed by atoms with van der Waals surface area (Å²) < 4.78 is 5.19. The Bertz CT molecular complexity index is 437. The van der Waals surface area contributed by atoms with E-state index < -0.39 is 6.10 Å². The van der Waals surface area contributed by atoms with Crippen LogP contribution in [-0.2, 0) is 0 Å². The summed E-state index contributed by atoms with van der Waals surface area (Å²) in [5.74, 6) is 1.03. The minimum absolute atomic E-state index is 0.0822. The molecule has 2 unspecified atom stereocenters. The average molecular weight is 238 g/mol. The van der Waals surface area contributed by atoms with Crippen molar-refractivity contribution in [1.82, 2.24) is 10.1 Å². The predicted molar refractivity (Wildman–Crippen MR) is 62.3 cm³/mol. The van der Waals surface area contributed by atoms with Crippen molar-refractivity contribution in [2.24, 2.45) is 0 Å². The summed E-state index contributed by atoms with van der Waals surface area (Å²) in [7, 11) is 0. The fourth-order valence-corrected chi connectivity index (χ4v) is 2.26. The first-order chi connectivity index (χ1) is 7.72. The molecule has 0 aliphatic heterocycles. The smallest absolute Gasteiger partial charge is 0.232 e. The van der Waals surface area contributed by atoms with E-state index in [1.165, 1.54) is 0 Å². The lowest BCUT2D eigenvalue weighted by Crippen LogP contribution is -2.13. The zero-order chi connectivity index (χ0) is 11.5. The highest BCUT2D eigenvalue weighted by atomic mass is 32.1. The van der Waals surface area contributed by atoms with Crippen molar-refractivity contribution in [2.75, 3.05) is 0 Å². The maximum atomic E-state index is 9.58. The molecular formula is C11H14N2O2S. The molecule has 2 aromatic heterocycles. The van der Waals surface area contributed by atoms with Gasteiger partial charge in [-0.15, -0.1) is 11.3 Å². The Morgan fingerprint density at radius 2 is 2.38 bits per heavy atom. The second-order valence-corrected chi connectivity index (χ2v) is 4.64. The molecule has 0 fully saturated rings. The monoisotopic (exact) mass is 238 g/mol. The van der Waals surface area contributed by atoms with Crippen LogP contribution in [0.2, 0.25) is 0 Å². The van der Waals surface area contributed by atoms with Gasteiger partial charge in [-0.25, -0.2) is 0 Å². The van der Waals surface area contributed by atoms with Crippen LogP contribution in [0.15, 0.2) is 22.0 Å². The summed E-state index contributed by atoms with van der Waals surface area (Å²) in [6, 6.07) is 3.89. The van der Waals surface area contributed by atoms with Crippen LogP contribution in [0.5, 0.6) is 0 Å². The van der Waals surface area contributed by atoms with Gasteiger partial charge in [0, 0.05) is 0 Å². The second kappa shape index (κ2) is 4.76. The third-order valence-corrected chi connectivity index (χ3v) is 3.39. The average Bonchev–Trinajstić information content (AvgIpc) is 2.86. The van der Waals surface area contributed by atoms with E-state index in [2.05, 4.69) is 10.1 Å². The molecule has 5 heteroatoms. The van der Waals surface area contributed by atoms with Crippen molar-refractivity contribution in [3.05, 3.63) is 23.4 Å². The summed E-state index contributed by atoms with van der Waals surface area (Å²) in [5.41, 5.74) is 0. The molecule has 0 saturated carbocycles. The second-order valence-electron chi connectivity index (χ2n) is 3.69. The molecule has 0 spiro atoms. The SMILES string of the molecule is CCC(c1nc(-c2cccs2)no1)C(C)O. The van der Waals surface area contributed by atoms with Crippen molar-refractivity contribution >= 4 is 11.3 Å². The van der Waals surface area contributed by atoms with Gasteiger partial charge in [0.2, 0.25) is 11.7 Å². The minimum Gasteiger partial charge on any atom is -0.393 e. The number of hydrogen-bond donors (Lipinski definition) is 1. The van der Waals surface area contributed by atoms with Crippen molar-refractivity contribution in [3.8, 4) is 10.7 Å². The number of nitrogens with zero attached hydrogens (tertiary/aromatic N) is 2. The van der Waals surface area contributed by atoms with Crippen LogP contribution in [-0.4, -0.2) is 21.4 Å². The molecule has 2 aromatic rings. The van der Waals surface area contributed by atoms with E-state index in [0.29, 0.717) is 11.7 Å². The van der Waals surface area contributed by atoms with E-state index >= 15 is 0 Å². The van der Waals surface area contributed by atoms with Crippen molar-refractivity contribution < 1.29 is 9.63 Å². The molecule has 16 heavy (non-hydrogen) atoms. The van der Waals surface area contributed by atoms with Crippen LogP contribution >= 0.6 is 11.3 Å². The van der Waals surface area contributed by atoms with Gasteiger partial charge in [0.15, 0.2) is 0 Å². The summed E-state index contributed by atoms with van der Waals surface area (Å²) in [5, 5.41) is 15.5. The summed E-state index contributed by atoms with van der Waals surface area (Å²) in [6.07, 6.45) is 0.311. The van der Waals surface area contributed by atoms with E-state index in [4.69, 9.17) is 4.52 Å². The van der Waals surface area contributed by atoms with Gasteiger partial charge in [-0.1, -0.05) is 18.1 Å². The summed E-state index contributed by atoms with van der Waals surface area (Å²) in [4.78, 5) is 5.30. The first-order valence-electron chi connectivity index (χ1n) is 5.28. The molecule has 0 aliphatic rings. The first-order valence-corrected chi connectivity index (χ1v) is 6.16. The largest absolute Gasteiger partial charge is 0.393 e. The minimum atomic E-state index is -0.471. The third kappa shape index (κ3) is 2.15. The molecule has 2 heterocycles. The molecule has 0 bridgehead atoms. The number of hydrogen-bond acceptors (Lipinski definition) is 5. The number of rotatable bonds is 4. The lowest BCUT2D eigenvalue weighted by Gasteiger charge is -2.12. The molecule has 0 aromatic carbocycles. The molecule has 4 nitrogen and oxygen atoms in total. The van der Waals surface area contributed by atoms with Gasteiger partial charge >= 0.3 is 0 Å². The van der Waals surface area contributed by atoms with Gasteiger partial charge in [0.1, 0.15) is 0 Å². The van der Waals surface area contributed by atoms with E-state index in [1.54, 1.807) is 18.3 Å². The Morgan fingerprint density at radius 3 is 2.94 bits per heavy atom. The molecular weight excluding hydrogens is 224 g/mol. The molecule has 86 valence electrons.